The topological polar surface area (TPSA) is 61.8 Å². The van der Waals surface area contributed by atoms with Gasteiger partial charge in [0.2, 0.25) is 0 Å². The van der Waals surface area contributed by atoms with Gasteiger partial charge in [-0.25, -0.2) is 4.79 Å². The molecule has 122 valence electrons. The van der Waals surface area contributed by atoms with E-state index in [0.29, 0.717) is 24.9 Å². The number of carbonyl (C=O) groups excluding carboxylic acids is 1. The molecule has 2 saturated heterocycles. The fourth-order valence-electron chi connectivity index (χ4n) is 3.32. The molecule has 2 aliphatic rings. The average Bonchev–Trinajstić information content (AvgIpc) is 2.46. The van der Waals surface area contributed by atoms with Crippen LogP contribution in [-0.2, 0) is 4.74 Å². The van der Waals surface area contributed by atoms with Gasteiger partial charge in [0.25, 0.3) is 0 Å². The van der Waals surface area contributed by atoms with E-state index < -0.39 is 5.60 Å². The summed E-state index contributed by atoms with van der Waals surface area (Å²) in [5, 5.41) is 13.9. The summed E-state index contributed by atoms with van der Waals surface area (Å²) in [5.41, 5.74) is -0.442. The van der Waals surface area contributed by atoms with Gasteiger partial charge in [0.15, 0.2) is 0 Å². The number of aliphatic hydroxyl groups excluding tert-OH is 1. The third-order valence-electron chi connectivity index (χ3n) is 4.54. The molecule has 0 aliphatic carbocycles. The van der Waals surface area contributed by atoms with Gasteiger partial charge < -0.3 is 20.1 Å². The van der Waals surface area contributed by atoms with Crippen LogP contribution in [-0.4, -0.2) is 54.0 Å². The van der Waals surface area contributed by atoms with Gasteiger partial charge in [-0.3, -0.25) is 0 Å². The Morgan fingerprint density at radius 1 is 1.14 bits per heavy atom. The smallest absolute Gasteiger partial charge is 0.410 e. The number of nitrogens with one attached hydrogen (secondary N) is 1. The maximum atomic E-state index is 12.0. The summed E-state index contributed by atoms with van der Waals surface area (Å²) in [6, 6.07) is 0. The summed E-state index contributed by atoms with van der Waals surface area (Å²) in [6.45, 7) is 9.08. The number of piperidine rings is 2. The number of amides is 1. The Kier molecular flexibility index (Phi) is 5.49. The quantitative estimate of drug-likeness (QED) is 0.818. The van der Waals surface area contributed by atoms with E-state index in [1.165, 1.54) is 0 Å². The van der Waals surface area contributed by atoms with Gasteiger partial charge >= 0.3 is 6.09 Å². The van der Waals surface area contributed by atoms with Crippen molar-refractivity contribution in [1.29, 1.82) is 0 Å². The molecule has 5 nitrogen and oxygen atoms in total. The number of ether oxygens (including phenoxy) is 1. The Labute approximate surface area is 128 Å². The predicted octanol–water partition coefficient (Wildman–Crippen LogP) is 1.99. The Balaban J connectivity index is 1.78. The van der Waals surface area contributed by atoms with Crippen LogP contribution in [0.5, 0.6) is 0 Å². The molecule has 2 heterocycles. The lowest BCUT2D eigenvalue weighted by atomic mass is 9.80. The Hall–Kier alpha value is -0.810. The molecule has 0 saturated carbocycles. The molecule has 0 aromatic heterocycles. The molecule has 1 amide bonds. The van der Waals surface area contributed by atoms with Crippen LogP contribution in [0, 0.1) is 11.8 Å². The van der Waals surface area contributed by atoms with Crippen LogP contribution in [0.2, 0.25) is 0 Å². The van der Waals surface area contributed by atoms with Crippen molar-refractivity contribution in [2.24, 2.45) is 11.8 Å². The van der Waals surface area contributed by atoms with Crippen molar-refractivity contribution in [1.82, 2.24) is 10.2 Å². The molecule has 2 fully saturated rings. The minimum Gasteiger partial charge on any atom is -0.444 e. The number of rotatable bonds is 2. The van der Waals surface area contributed by atoms with Crippen molar-refractivity contribution in [2.45, 2.75) is 58.2 Å². The maximum absolute atomic E-state index is 12.0. The van der Waals surface area contributed by atoms with Crippen molar-refractivity contribution in [3.05, 3.63) is 0 Å². The van der Waals surface area contributed by atoms with Gasteiger partial charge in [-0.05, 0) is 71.4 Å². The number of nitrogens with zero attached hydrogens (tertiary/aromatic N) is 1. The predicted molar refractivity (Wildman–Crippen MR) is 82.1 cm³/mol. The van der Waals surface area contributed by atoms with Crippen molar-refractivity contribution >= 4 is 6.09 Å². The van der Waals surface area contributed by atoms with E-state index in [2.05, 4.69) is 5.32 Å². The molecule has 0 bridgehead atoms. The molecular weight excluding hydrogens is 268 g/mol. The van der Waals surface area contributed by atoms with Gasteiger partial charge in [-0.1, -0.05) is 0 Å². The van der Waals surface area contributed by atoms with E-state index in [0.717, 1.165) is 38.8 Å². The minimum atomic E-state index is -0.442. The third kappa shape index (κ3) is 4.85. The maximum Gasteiger partial charge on any atom is 0.410 e. The van der Waals surface area contributed by atoms with Crippen LogP contribution in [0.3, 0.4) is 0 Å². The lowest BCUT2D eigenvalue weighted by Crippen LogP contribution is -2.46. The highest BCUT2D eigenvalue weighted by molar-refractivity contribution is 5.68. The standard InChI is InChI=1S/C16H30N2O3/c1-16(2,3)21-15(20)18-10-6-13(7-11-18)14(19)12-4-8-17-9-5-12/h12-14,17,19H,4-11H2,1-3H3. The number of carbonyl (C=O) groups is 1. The molecule has 1 unspecified atom stereocenters. The van der Waals surface area contributed by atoms with Crippen LogP contribution < -0.4 is 5.32 Å². The van der Waals surface area contributed by atoms with Crippen LogP contribution in [0.15, 0.2) is 0 Å². The Morgan fingerprint density at radius 3 is 2.19 bits per heavy atom. The van der Waals surface area contributed by atoms with Gasteiger partial charge in [-0.15, -0.1) is 0 Å². The third-order valence-corrected chi connectivity index (χ3v) is 4.54. The average molecular weight is 298 g/mol. The summed E-state index contributed by atoms with van der Waals surface area (Å²) in [4.78, 5) is 13.8. The summed E-state index contributed by atoms with van der Waals surface area (Å²) in [5.74, 6) is 0.746. The monoisotopic (exact) mass is 298 g/mol. The molecule has 1 atom stereocenters. The first-order chi connectivity index (χ1) is 9.87. The SMILES string of the molecule is CC(C)(C)OC(=O)N1CCC(C(O)C2CCNCC2)CC1. The van der Waals surface area contributed by atoms with Gasteiger partial charge in [0, 0.05) is 13.1 Å². The summed E-state index contributed by atoms with van der Waals surface area (Å²) in [6.07, 6.45) is 3.44. The fourth-order valence-corrected chi connectivity index (χ4v) is 3.32. The highest BCUT2D eigenvalue weighted by Crippen LogP contribution is 2.29. The summed E-state index contributed by atoms with van der Waals surface area (Å²) < 4.78 is 5.41. The van der Waals surface area contributed by atoms with E-state index in [1.54, 1.807) is 4.90 Å². The van der Waals surface area contributed by atoms with E-state index in [4.69, 9.17) is 4.74 Å². The molecule has 5 heteroatoms. The van der Waals surface area contributed by atoms with Gasteiger partial charge in [0.1, 0.15) is 5.60 Å². The van der Waals surface area contributed by atoms with Crippen LogP contribution in [0.4, 0.5) is 4.79 Å². The van der Waals surface area contributed by atoms with Gasteiger partial charge in [-0.2, -0.15) is 0 Å². The summed E-state index contributed by atoms with van der Waals surface area (Å²) in [7, 11) is 0. The highest BCUT2D eigenvalue weighted by atomic mass is 16.6. The molecule has 0 radical (unpaired) electrons. The van der Waals surface area contributed by atoms with Crippen molar-refractivity contribution in [2.75, 3.05) is 26.2 Å². The zero-order valence-corrected chi connectivity index (χ0v) is 13.6. The molecule has 0 aromatic rings. The largest absolute Gasteiger partial charge is 0.444 e. The Bertz CT molecular complexity index is 340. The molecule has 0 aromatic carbocycles. The van der Waals surface area contributed by atoms with Crippen LogP contribution >= 0.6 is 0 Å². The lowest BCUT2D eigenvalue weighted by molar-refractivity contribution is -0.00860. The first-order valence-corrected chi connectivity index (χ1v) is 8.23. The number of likely N-dealkylation sites (tertiary alicyclic amines) is 1. The lowest BCUT2D eigenvalue weighted by Gasteiger charge is -2.38. The number of hydrogen-bond donors (Lipinski definition) is 2. The second-order valence-electron chi connectivity index (χ2n) is 7.38. The highest BCUT2D eigenvalue weighted by Gasteiger charge is 2.33. The van der Waals surface area contributed by atoms with Crippen molar-refractivity contribution < 1.29 is 14.6 Å². The van der Waals surface area contributed by atoms with Crippen LogP contribution in [0.25, 0.3) is 0 Å². The van der Waals surface area contributed by atoms with Crippen molar-refractivity contribution in [3.63, 3.8) is 0 Å². The molecule has 21 heavy (non-hydrogen) atoms. The van der Waals surface area contributed by atoms with Crippen LogP contribution in [0.1, 0.15) is 46.5 Å². The first-order valence-electron chi connectivity index (χ1n) is 8.23. The second kappa shape index (κ2) is 6.97. The summed E-state index contributed by atoms with van der Waals surface area (Å²) >= 11 is 0. The fraction of sp³-hybridized carbons (Fsp3) is 0.938. The molecular formula is C16H30N2O3. The van der Waals surface area contributed by atoms with E-state index >= 15 is 0 Å². The van der Waals surface area contributed by atoms with E-state index in [1.807, 2.05) is 20.8 Å². The molecule has 0 spiro atoms. The molecule has 2 aliphatic heterocycles. The second-order valence-corrected chi connectivity index (χ2v) is 7.38. The van der Waals surface area contributed by atoms with Gasteiger partial charge in [0.05, 0.1) is 6.10 Å². The Morgan fingerprint density at radius 2 is 1.67 bits per heavy atom. The molecule has 2 N–H and O–H groups in total. The first kappa shape index (κ1) is 16.6. The zero-order valence-electron chi connectivity index (χ0n) is 13.6. The number of aliphatic hydroxyl groups is 1. The number of hydrogen-bond acceptors (Lipinski definition) is 4. The normalized spacial score (nSPS) is 23.9. The molecule has 2 rings (SSSR count). The van der Waals surface area contributed by atoms with E-state index in [-0.39, 0.29) is 12.2 Å². The zero-order chi connectivity index (χ0) is 15.5. The van der Waals surface area contributed by atoms with Crippen molar-refractivity contribution in [3.8, 4) is 0 Å². The minimum absolute atomic E-state index is 0.215. The van der Waals surface area contributed by atoms with E-state index in [9.17, 15) is 9.90 Å².